The minimum absolute atomic E-state index is 0.272. The van der Waals surface area contributed by atoms with Crippen molar-refractivity contribution in [1.29, 1.82) is 0 Å². The van der Waals surface area contributed by atoms with Crippen LogP contribution in [0.4, 0.5) is 5.82 Å². The number of hydrogen-bond donors (Lipinski definition) is 0. The Balaban J connectivity index is 1.47. The summed E-state index contributed by atoms with van der Waals surface area (Å²) in [4.78, 5) is 4.88. The number of hydrogen-bond acceptors (Lipinski definition) is 6. The molecule has 0 aliphatic carbocycles. The smallest absolute Gasteiger partial charge is 0.270 e. The van der Waals surface area contributed by atoms with Crippen LogP contribution in [0.2, 0.25) is 0 Å². The fourth-order valence-electron chi connectivity index (χ4n) is 3.85. The highest BCUT2D eigenvalue weighted by Gasteiger charge is 2.28. The Morgan fingerprint density at radius 3 is 2.10 bits per heavy atom. The molecule has 2 aromatic carbocycles. The van der Waals surface area contributed by atoms with Crippen molar-refractivity contribution in [3.05, 3.63) is 71.8 Å². The number of nitrogens with zero attached hydrogens (tertiary/aromatic N) is 4. The Bertz CT molecular complexity index is 823. The van der Waals surface area contributed by atoms with Gasteiger partial charge in [-0.1, -0.05) is 74.0 Å². The van der Waals surface area contributed by atoms with Gasteiger partial charge in [0.05, 0.1) is 24.4 Å². The van der Waals surface area contributed by atoms with E-state index in [9.17, 15) is 0 Å². The van der Waals surface area contributed by atoms with Crippen LogP contribution in [-0.2, 0) is 0 Å². The molecule has 0 amide bonds. The summed E-state index contributed by atoms with van der Waals surface area (Å²) in [7, 11) is 0. The lowest BCUT2D eigenvalue weighted by atomic mass is 9.96. The highest BCUT2D eigenvalue weighted by molar-refractivity contribution is 6.99. The lowest BCUT2D eigenvalue weighted by Gasteiger charge is -2.39. The van der Waals surface area contributed by atoms with E-state index in [4.69, 9.17) is 4.74 Å². The van der Waals surface area contributed by atoms with Crippen molar-refractivity contribution in [2.75, 3.05) is 37.7 Å². The summed E-state index contributed by atoms with van der Waals surface area (Å²) >= 11 is 1.24. The normalized spacial score (nSPS) is 15.0. The molecular formula is C23H28N4OS. The molecule has 1 aromatic heterocycles. The van der Waals surface area contributed by atoms with E-state index in [2.05, 4.69) is 86.1 Å². The average molecular weight is 409 g/mol. The van der Waals surface area contributed by atoms with Gasteiger partial charge in [0.15, 0.2) is 0 Å². The summed E-state index contributed by atoms with van der Waals surface area (Å²) in [6.45, 7) is 6.66. The highest BCUT2D eigenvalue weighted by Crippen LogP contribution is 2.32. The number of ether oxygens (including phenoxy) is 1. The van der Waals surface area contributed by atoms with Gasteiger partial charge in [0, 0.05) is 26.2 Å². The van der Waals surface area contributed by atoms with E-state index < -0.39 is 0 Å². The molecule has 1 aliphatic heterocycles. The molecule has 1 aliphatic rings. The number of benzene rings is 2. The van der Waals surface area contributed by atoms with Gasteiger partial charge in [-0.15, -0.1) is 4.37 Å². The van der Waals surface area contributed by atoms with E-state index >= 15 is 0 Å². The first-order valence-electron chi connectivity index (χ1n) is 10.4. The van der Waals surface area contributed by atoms with Crippen LogP contribution in [0, 0.1) is 0 Å². The van der Waals surface area contributed by atoms with Gasteiger partial charge < -0.3 is 9.64 Å². The van der Waals surface area contributed by atoms with Gasteiger partial charge >= 0.3 is 0 Å². The van der Waals surface area contributed by atoms with E-state index in [0.717, 1.165) is 44.8 Å². The van der Waals surface area contributed by atoms with Crippen molar-refractivity contribution in [3.63, 3.8) is 0 Å². The first kappa shape index (κ1) is 19.9. The van der Waals surface area contributed by atoms with Gasteiger partial charge in [0.1, 0.15) is 0 Å². The van der Waals surface area contributed by atoms with E-state index in [1.165, 1.54) is 22.9 Å². The van der Waals surface area contributed by atoms with Crippen molar-refractivity contribution in [2.24, 2.45) is 0 Å². The van der Waals surface area contributed by atoms with E-state index in [0.29, 0.717) is 12.5 Å². The van der Waals surface area contributed by atoms with Gasteiger partial charge in [-0.2, -0.15) is 4.37 Å². The Morgan fingerprint density at radius 1 is 0.897 bits per heavy atom. The molecule has 29 heavy (non-hydrogen) atoms. The van der Waals surface area contributed by atoms with E-state index in [1.54, 1.807) is 0 Å². The molecule has 0 N–H and O–H groups in total. The maximum absolute atomic E-state index is 5.87. The zero-order chi connectivity index (χ0) is 19.9. The van der Waals surface area contributed by atoms with Crippen molar-refractivity contribution in [3.8, 4) is 5.88 Å². The van der Waals surface area contributed by atoms with Crippen LogP contribution in [0.3, 0.4) is 0 Å². The van der Waals surface area contributed by atoms with E-state index in [1.807, 2.05) is 0 Å². The summed E-state index contributed by atoms with van der Waals surface area (Å²) in [6, 6.07) is 21.9. The third-order valence-electron chi connectivity index (χ3n) is 5.39. The zero-order valence-corrected chi connectivity index (χ0v) is 17.7. The maximum atomic E-state index is 5.87. The number of anilines is 1. The topological polar surface area (TPSA) is 41.5 Å². The van der Waals surface area contributed by atoms with Crippen LogP contribution in [0.25, 0.3) is 0 Å². The molecule has 1 saturated heterocycles. The van der Waals surface area contributed by atoms with E-state index in [-0.39, 0.29) is 6.04 Å². The largest absolute Gasteiger partial charge is 0.474 e. The fraction of sp³-hybridized carbons (Fsp3) is 0.391. The molecule has 3 aromatic rings. The first-order valence-corrected chi connectivity index (χ1v) is 11.1. The lowest BCUT2D eigenvalue weighted by Crippen LogP contribution is -2.48. The molecule has 0 spiro atoms. The Morgan fingerprint density at radius 2 is 1.52 bits per heavy atom. The molecule has 0 saturated carbocycles. The number of aromatic nitrogens is 2. The minimum atomic E-state index is 0.272. The summed E-state index contributed by atoms with van der Waals surface area (Å²) in [5.41, 5.74) is 2.68. The number of rotatable bonds is 8. The van der Waals surface area contributed by atoms with Crippen molar-refractivity contribution >= 4 is 17.5 Å². The Hall–Kier alpha value is -2.44. The Kier molecular flexibility index (Phi) is 6.75. The molecule has 0 atom stereocenters. The van der Waals surface area contributed by atoms with Gasteiger partial charge in [0.25, 0.3) is 5.88 Å². The standard InChI is InChI=1S/C23H28N4OS/c1-2-3-18-28-23-22(24-29-25-23)27-16-14-26(15-17-27)21(19-10-6-4-7-11-19)20-12-8-5-9-13-20/h4-13,21H,2-3,14-18H2,1H3. The molecule has 4 rings (SSSR count). The molecule has 0 radical (unpaired) electrons. The fourth-order valence-corrected chi connectivity index (χ4v) is 4.37. The van der Waals surface area contributed by atoms with Gasteiger partial charge in [0.2, 0.25) is 5.82 Å². The van der Waals surface area contributed by atoms with Crippen LogP contribution in [-0.4, -0.2) is 46.4 Å². The molecule has 0 unspecified atom stereocenters. The second kappa shape index (κ2) is 9.85. The molecule has 6 heteroatoms. The highest BCUT2D eigenvalue weighted by atomic mass is 32.1. The third-order valence-corrected chi connectivity index (χ3v) is 5.89. The maximum Gasteiger partial charge on any atom is 0.270 e. The van der Waals surface area contributed by atoms with Crippen LogP contribution in [0.5, 0.6) is 5.88 Å². The predicted octanol–water partition coefficient (Wildman–Crippen LogP) is 4.63. The van der Waals surface area contributed by atoms with Crippen molar-refractivity contribution in [2.45, 2.75) is 25.8 Å². The molecule has 5 nitrogen and oxygen atoms in total. The van der Waals surface area contributed by atoms with Gasteiger partial charge in [-0.3, -0.25) is 4.90 Å². The summed E-state index contributed by atoms with van der Waals surface area (Å²) in [6.07, 6.45) is 2.16. The first-order chi connectivity index (χ1) is 14.4. The predicted molar refractivity (Wildman–Crippen MR) is 119 cm³/mol. The molecule has 2 heterocycles. The van der Waals surface area contributed by atoms with Gasteiger partial charge in [-0.05, 0) is 17.5 Å². The van der Waals surface area contributed by atoms with Crippen LogP contribution < -0.4 is 9.64 Å². The molecular weight excluding hydrogens is 380 g/mol. The average Bonchev–Trinajstić information content (AvgIpc) is 3.25. The second-order valence-corrected chi connectivity index (χ2v) is 7.87. The Labute approximate surface area is 177 Å². The van der Waals surface area contributed by atoms with Crippen LogP contribution in [0.15, 0.2) is 60.7 Å². The molecule has 0 bridgehead atoms. The lowest BCUT2D eigenvalue weighted by molar-refractivity contribution is 0.211. The van der Waals surface area contributed by atoms with Crippen LogP contribution >= 0.6 is 11.7 Å². The monoisotopic (exact) mass is 408 g/mol. The number of piperazine rings is 1. The summed E-state index contributed by atoms with van der Waals surface area (Å²) in [5.74, 6) is 1.60. The summed E-state index contributed by atoms with van der Waals surface area (Å²) in [5, 5.41) is 0. The third kappa shape index (κ3) is 4.77. The van der Waals surface area contributed by atoms with Crippen LogP contribution in [0.1, 0.15) is 36.9 Å². The minimum Gasteiger partial charge on any atom is -0.474 e. The van der Waals surface area contributed by atoms with Crippen molar-refractivity contribution in [1.82, 2.24) is 13.6 Å². The molecule has 152 valence electrons. The van der Waals surface area contributed by atoms with Crippen molar-refractivity contribution < 1.29 is 4.74 Å². The molecule has 1 fully saturated rings. The SMILES string of the molecule is CCCCOc1nsnc1N1CCN(C(c2ccccc2)c2ccccc2)CC1. The quantitative estimate of drug-likeness (QED) is 0.509. The summed E-state index contributed by atoms with van der Waals surface area (Å²) < 4.78 is 14.7. The second-order valence-electron chi connectivity index (χ2n) is 7.34. The van der Waals surface area contributed by atoms with Gasteiger partial charge in [-0.25, -0.2) is 0 Å². The zero-order valence-electron chi connectivity index (χ0n) is 16.9. The number of unbranched alkanes of at least 4 members (excludes halogenated alkanes) is 1.